The van der Waals surface area contributed by atoms with E-state index in [2.05, 4.69) is 0 Å². The lowest BCUT2D eigenvalue weighted by molar-refractivity contribution is -0.187. The zero-order chi connectivity index (χ0) is 21.4. The molecule has 0 spiro atoms. The Morgan fingerprint density at radius 2 is 1.59 bits per heavy atom. The number of hydrogen-bond acceptors (Lipinski definition) is 4. The van der Waals surface area contributed by atoms with Gasteiger partial charge in [-0.15, -0.1) is 0 Å². The lowest BCUT2D eigenvalue weighted by Gasteiger charge is -2.44. The first-order chi connectivity index (χ1) is 13.6. The first-order valence-electron chi connectivity index (χ1n) is 9.73. The summed E-state index contributed by atoms with van der Waals surface area (Å²) in [6, 6.07) is 14.1. The highest BCUT2D eigenvalue weighted by Gasteiger charge is 2.58. The van der Waals surface area contributed by atoms with E-state index in [4.69, 9.17) is 16.3 Å². The molecule has 1 aliphatic heterocycles. The van der Waals surface area contributed by atoms with Gasteiger partial charge >= 0.3 is 5.97 Å². The Morgan fingerprint density at radius 1 is 1.00 bits per heavy atom. The monoisotopic (exact) mass is 412 g/mol. The minimum Gasteiger partial charge on any atom is -0.456 e. The number of Topliss-reactive ketones (excluding diaryl/α,β-unsaturated/α-hetero) is 2. The summed E-state index contributed by atoms with van der Waals surface area (Å²) in [4.78, 5) is 39.2. The average molecular weight is 413 g/mol. The number of esters is 1. The van der Waals surface area contributed by atoms with E-state index in [-0.39, 0.29) is 18.0 Å². The molecule has 1 saturated heterocycles. The average Bonchev–Trinajstić information content (AvgIpc) is 2.70. The maximum absolute atomic E-state index is 13.4. The number of hydrogen-bond donors (Lipinski definition) is 0. The van der Waals surface area contributed by atoms with Crippen LogP contribution in [0.25, 0.3) is 0 Å². The van der Waals surface area contributed by atoms with Gasteiger partial charge < -0.3 is 4.74 Å². The van der Waals surface area contributed by atoms with Crippen molar-refractivity contribution in [2.24, 2.45) is 10.8 Å². The van der Waals surface area contributed by atoms with Crippen molar-refractivity contribution in [3.05, 3.63) is 70.2 Å². The molecule has 5 heteroatoms. The van der Waals surface area contributed by atoms with Crippen molar-refractivity contribution >= 4 is 29.1 Å². The first kappa shape index (κ1) is 21.3. The Bertz CT molecular complexity index is 944. The molecule has 29 heavy (non-hydrogen) atoms. The molecule has 2 aromatic rings. The molecule has 3 rings (SSSR count). The van der Waals surface area contributed by atoms with Crippen LogP contribution in [0.1, 0.15) is 61.7 Å². The van der Waals surface area contributed by atoms with Crippen molar-refractivity contribution in [1.82, 2.24) is 0 Å². The molecule has 1 heterocycles. The van der Waals surface area contributed by atoms with E-state index >= 15 is 0 Å². The predicted molar refractivity (Wildman–Crippen MR) is 112 cm³/mol. The van der Waals surface area contributed by atoms with Gasteiger partial charge in [-0.05, 0) is 50.5 Å². The number of benzene rings is 2. The second-order valence-corrected chi connectivity index (χ2v) is 8.81. The summed E-state index contributed by atoms with van der Waals surface area (Å²) < 4.78 is 5.73. The van der Waals surface area contributed by atoms with E-state index < -0.39 is 22.9 Å². The Hall–Kier alpha value is -2.46. The maximum atomic E-state index is 13.4. The quantitative estimate of drug-likeness (QED) is 0.376. The topological polar surface area (TPSA) is 60.4 Å². The largest absolute Gasteiger partial charge is 0.456 e. The van der Waals surface area contributed by atoms with Crippen LogP contribution in [-0.2, 0) is 20.7 Å². The SMILES string of the molecule is CCc1ccc(C(=O)CC2(C)C(=O)OC(c3ccc(Cl)cc3)C(C)(C)C2=O)cc1. The third-order valence-electron chi connectivity index (χ3n) is 5.79. The number of rotatable bonds is 5. The number of aryl methyl sites for hydroxylation is 1. The van der Waals surface area contributed by atoms with Gasteiger partial charge in [-0.3, -0.25) is 14.4 Å². The van der Waals surface area contributed by atoms with Crippen LogP contribution in [0, 0.1) is 10.8 Å². The zero-order valence-corrected chi connectivity index (χ0v) is 17.9. The van der Waals surface area contributed by atoms with E-state index in [9.17, 15) is 14.4 Å². The lowest BCUT2D eigenvalue weighted by Crippen LogP contribution is -2.54. The zero-order valence-electron chi connectivity index (χ0n) is 17.1. The fourth-order valence-corrected chi connectivity index (χ4v) is 4.06. The van der Waals surface area contributed by atoms with Crippen LogP contribution >= 0.6 is 11.6 Å². The number of cyclic esters (lactones) is 1. The second kappa shape index (κ2) is 7.75. The molecule has 2 unspecified atom stereocenters. The molecule has 0 aromatic heterocycles. The summed E-state index contributed by atoms with van der Waals surface area (Å²) in [6.07, 6.45) is -0.0729. The predicted octanol–water partition coefficient (Wildman–Crippen LogP) is 5.37. The summed E-state index contributed by atoms with van der Waals surface area (Å²) in [6.45, 7) is 7.04. The molecule has 1 fully saturated rings. The van der Waals surface area contributed by atoms with Crippen LogP contribution in [0.5, 0.6) is 0 Å². The lowest BCUT2D eigenvalue weighted by atomic mass is 9.64. The van der Waals surface area contributed by atoms with Gasteiger partial charge in [0.2, 0.25) is 0 Å². The van der Waals surface area contributed by atoms with Gasteiger partial charge in [-0.2, -0.15) is 0 Å². The molecule has 2 aromatic carbocycles. The van der Waals surface area contributed by atoms with Crippen molar-refractivity contribution < 1.29 is 19.1 Å². The summed E-state index contributed by atoms with van der Waals surface area (Å²) in [5.41, 5.74) is -0.199. The summed E-state index contributed by atoms with van der Waals surface area (Å²) in [5.74, 6) is -1.21. The normalized spacial score (nSPS) is 23.6. The molecule has 0 amide bonds. The van der Waals surface area contributed by atoms with Gasteiger partial charge in [-0.25, -0.2) is 0 Å². The Balaban J connectivity index is 1.88. The molecular formula is C24H25ClO4. The number of carbonyl (C=O) groups is 3. The van der Waals surface area contributed by atoms with E-state index in [1.165, 1.54) is 6.92 Å². The van der Waals surface area contributed by atoms with Crippen LogP contribution in [0.3, 0.4) is 0 Å². The molecule has 0 saturated carbocycles. The Kier molecular flexibility index (Phi) is 5.68. The summed E-state index contributed by atoms with van der Waals surface area (Å²) >= 11 is 5.95. The van der Waals surface area contributed by atoms with Crippen molar-refractivity contribution in [2.45, 2.75) is 46.6 Å². The van der Waals surface area contributed by atoms with Gasteiger partial charge in [-0.1, -0.05) is 54.9 Å². The molecule has 152 valence electrons. The second-order valence-electron chi connectivity index (χ2n) is 8.37. The van der Waals surface area contributed by atoms with E-state index in [0.717, 1.165) is 12.0 Å². The molecule has 4 nitrogen and oxygen atoms in total. The molecule has 0 aliphatic carbocycles. The molecular weight excluding hydrogens is 388 g/mol. The Morgan fingerprint density at radius 3 is 2.14 bits per heavy atom. The van der Waals surface area contributed by atoms with Crippen LogP contribution in [0.4, 0.5) is 0 Å². The number of halogens is 1. The number of carbonyl (C=O) groups excluding carboxylic acids is 3. The molecule has 0 N–H and O–H groups in total. The minimum absolute atomic E-state index is 0.215. The standard InChI is InChI=1S/C24H25ClO4/c1-5-15-6-8-16(9-7-15)19(26)14-24(4)21(27)23(2,3)20(29-22(24)28)17-10-12-18(25)13-11-17/h6-13,20H,5,14H2,1-4H3. The van der Waals surface area contributed by atoms with Gasteiger partial charge in [0.15, 0.2) is 11.6 Å². The molecule has 2 atom stereocenters. The van der Waals surface area contributed by atoms with Gasteiger partial charge in [0.05, 0.1) is 5.41 Å². The molecule has 1 aliphatic rings. The van der Waals surface area contributed by atoms with Crippen LogP contribution in [0.15, 0.2) is 48.5 Å². The summed E-state index contributed by atoms with van der Waals surface area (Å²) in [7, 11) is 0. The Labute approximate surface area is 176 Å². The first-order valence-corrected chi connectivity index (χ1v) is 10.1. The number of ether oxygens (including phenoxy) is 1. The fraction of sp³-hybridized carbons (Fsp3) is 0.375. The van der Waals surface area contributed by atoms with Gasteiger partial charge in [0.1, 0.15) is 11.5 Å². The third-order valence-corrected chi connectivity index (χ3v) is 6.04. The van der Waals surface area contributed by atoms with Crippen molar-refractivity contribution in [1.29, 1.82) is 0 Å². The highest BCUT2D eigenvalue weighted by molar-refractivity contribution is 6.30. The van der Waals surface area contributed by atoms with E-state index in [1.54, 1.807) is 50.2 Å². The smallest absolute Gasteiger partial charge is 0.320 e. The van der Waals surface area contributed by atoms with E-state index in [1.807, 2.05) is 19.1 Å². The van der Waals surface area contributed by atoms with Crippen LogP contribution in [-0.4, -0.2) is 17.5 Å². The highest BCUT2D eigenvalue weighted by atomic mass is 35.5. The maximum Gasteiger partial charge on any atom is 0.320 e. The fourth-order valence-electron chi connectivity index (χ4n) is 3.93. The third kappa shape index (κ3) is 3.86. The van der Waals surface area contributed by atoms with Gasteiger partial charge in [0.25, 0.3) is 0 Å². The molecule has 0 radical (unpaired) electrons. The van der Waals surface area contributed by atoms with Crippen molar-refractivity contribution in [2.75, 3.05) is 0 Å². The van der Waals surface area contributed by atoms with Crippen molar-refractivity contribution in [3.63, 3.8) is 0 Å². The van der Waals surface area contributed by atoms with Crippen molar-refractivity contribution in [3.8, 4) is 0 Å². The molecule has 0 bridgehead atoms. The highest BCUT2D eigenvalue weighted by Crippen LogP contribution is 2.49. The number of ketones is 2. The van der Waals surface area contributed by atoms with E-state index in [0.29, 0.717) is 16.1 Å². The minimum atomic E-state index is -1.52. The summed E-state index contributed by atoms with van der Waals surface area (Å²) in [5, 5.41) is 0.560. The van der Waals surface area contributed by atoms with Gasteiger partial charge in [0, 0.05) is 17.0 Å². The van der Waals surface area contributed by atoms with Crippen LogP contribution in [0.2, 0.25) is 5.02 Å². The van der Waals surface area contributed by atoms with Crippen LogP contribution < -0.4 is 0 Å².